The first-order valence-electron chi connectivity index (χ1n) is 8.30. The standard InChI is InChI=1S/C19H21N3O5/c1-26-16-9-6-14(7-10-16)4-3-5-19(23)21-20-13-15-8-11-18(27-2)17(12-15)22(24)25/h6-13H,3-5H2,1-2H3,(H,21,23)/b20-13+. The van der Waals surface area contributed by atoms with Crippen LogP contribution in [0, 0.1) is 10.1 Å². The summed E-state index contributed by atoms with van der Waals surface area (Å²) in [6.45, 7) is 0. The Balaban J connectivity index is 1.80. The summed E-state index contributed by atoms with van der Waals surface area (Å²) in [7, 11) is 2.98. The van der Waals surface area contributed by atoms with Crippen LogP contribution in [0.1, 0.15) is 24.0 Å². The summed E-state index contributed by atoms with van der Waals surface area (Å²) >= 11 is 0. The van der Waals surface area contributed by atoms with Crippen molar-refractivity contribution in [2.24, 2.45) is 5.10 Å². The molecule has 27 heavy (non-hydrogen) atoms. The topological polar surface area (TPSA) is 103 Å². The summed E-state index contributed by atoms with van der Waals surface area (Å²) in [4.78, 5) is 22.3. The molecule has 2 aromatic carbocycles. The molecule has 0 aromatic heterocycles. The molecule has 0 saturated carbocycles. The first kappa shape index (κ1) is 19.9. The van der Waals surface area contributed by atoms with Crippen molar-refractivity contribution in [1.82, 2.24) is 5.43 Å². The second-order valence-corrected chi connectivity index (χ2v) is 5.68. The van der Waals surface area contributed by atoms with E-state index in [0.29, 0.717) is 18.4 Å². The summed E-state index contributed by atoms with van der Waals surface area (Å²) < 4.78 is 10.0. The van der Waals surface area contributed by atoms with Crippen molar-refractivity contribution < 1.29 is 19.2 Å². The number of ether oxygens (including phenoxy) is 2. The van der Waals surface area contributed by atoms with Crippen LogP contribution in [-0.4, -0.2) is 31.3 Å². The Morgan fingerprint density at radius 2 is 1.93 bits per heavy atom. The Labute approximate surface area is 157 Å². The van der Waals surface area contributed by atoms with E-state index in [4.69, 9.17) is 9.47 Å². The minimum Gasteiger partial charge on any atom is -0.497 e. The Morgan fingerprint density at radius 1 is 1.19 bits per heavy atom. The highest BCUT2D eigenvalue weighted by Gasteiger charge is 2.14. The van der Waals surface area contributed by atoms with E-state index in [9.17, 15) is 14.9 Å². The number of nitrogens with one attached hydrogen (secondary N) is 1. The maximum Gasteiger partial charge on any atom is 0.311 e. The molecule has 0 radical (unpaired) electrons. The van der Waals surface area contributed by atoms with Gasteiger partial charge in [-0.15, -0.1) is 0 Å². The summed E-state index contributed by atoms with van der Waals surface area (Å²) in [5, 5.41) is 14.8. The van der Waals surface area contributed by atoms with Crippen molar-refractivity contribution in [1.29, 1.82) is 0 Å². The predicted octanol–water partition coefficient (Wildman–Crippen LogP) is 3.09. The average molecular weight is 371 g/mol. The van der Waals surface area contributed by atoms with Crippen LogP contribution >= 0.6 is 0 Å². The number of benzene rings is 2. The lowest BCUT2D eigenvalue weighted by Crippen LogP contribution is -2.17. The highest BCUT2D eigenvalue weighted by Crippen LogP contribution is 2.26. The third-order valence-electron chi connectivity index (χ3n) is 3.83. The second kappa shape index (κ2) is 9.91. The Hall–Kier alpha value is -3.42. The van der Waals surface area contributed by atoms with Gasteiger partial charge >= 0.3 is 5.69 Å². The number of carbonyl (C=O) groups is 1. The SMILES string of the molecule is COc1ccc(CCCC(=O)N/N=C/c2ccc(OC)c([N+](=O)[O-])c2)cc1. The third-order valence-corrected chi connectivity index (χ3v) is 3.83. The highest BCUT2D eigenvalue weighted by atomic mass is 16.6. The van der Waals surface area contributed by atoms with Crippen molar-refractivity contribution in [2.75, 3.05) is 14.2 Å². The number of nitro benzene ring substituents is 1. The van der Waals surface area contributed by atoms with E-state index >= 15 is 0 Å². The number of rotatable bonds is 9. The molecule has 142 valence electrons. The molecule has 0 bridgehead atoms. The molecule has 8 heteroatoms. The summed E-state index contributed by atoms with van der Waals surface area (Å²) in [6, 6.07) is 12.1. The molecule has 2 rings (SSSR count). The molecule has 0 aliphatic heterocycles. The van der Waals surface area contributed by atoms with Gasteiger partial charge in [0.05, 0.1) is 25.4 Å². The average Bonchev–Trinajstić information content (AvgIpc) is 2.68. The molecule has 0 heterocycles. The van der Waals surface area contributed by atoms with Crippen LogP contribution in [0.25, 0.3) is 0 Å². The number of amides is 1. The van der Waals surface area contributed by atoms with Gasteiger partial charge in [-0.2, -0.15) is 5.10 Å². The Bertz CT molecular complexity index is 819. The molecule has 0 fully saturated rings. The molecule has 0 spiro atoms. The lowest BCUT2D eigenvalue weighted by Gasteiger charge is -2.04. The molecule has 1 amide bonds. The maximum absolute atomic E-state index is 11.8. The van der Waals surface area contributed by atoms with Crippen LogP contribution in [0.3, 0.4) is 0 Å². The van der Waals surface area contributed by atoms with E-state index < -0.39 is 4.92 Å². The zero-order chi connectivity index (χ0) is 19.6. The van der Waals surface area contributed by atoms with E-state index in [1.807, 2.05) is 24.3 Å². The molecule has 1 N–H and O–H groups in total. The van der Waals surface area contributed by atoms with Crippen LogP contribution in [0.2, 0.25) is 0 Å². The predicted molar refractivity (Wildman–Crippen MR) is 101 cm³/mol. The zero-order valence-corrected chi connectivity index (χ0v) is 15.2. The minimum absolute atomic E-state index is 0.160. The number of methoxy groups -OCH3 is 2. The number of nitro groups is 1. The minimum atomic E-state index is -0.534. The largest absolute Gasteiger partial charge is 0.497 e. The van der Waals surface area contributed by atoms with Crippen LogP contribution in [-0.2, 0) is 11.2 Å². The number of hydrogen-bond acceptors (Lipinski definition) is 6. The van der Waals surface area contributed by atoms with Gasteiger partial charge in [-0.05, 0) is 42.7 Å². The van der Waals surface area contributed by atoms with E-state index in [2.05, 4.69) is 10.5 Å². The molecular formula is C19H21N3O5. The van der Waals surface area contributed by atoms with Crippen LogP contribution in [0.4, 0.5) is 5.69 Å². The Kier molecular flexibility index (Phi) is 7.30. The van der Waals surface area contributed by atoms with Crippen LogP contribution in [0.15, 0.2) is 47.6 Å². The first-order chi connectivity index (χ1) is 13.0. The van der Waals surface area contributed by atoms with E-state index in [1.165, 1.54) is 25.5 Å². The zero-order valence-electron chi connectivity index (χ0n) is 15.2. The fraction of sp³-hybridized carbons (Fsp3) is 0.263. The van der Waals surface area contributed by atoms with Crippen molar-refractivity contribution in [3.8, 4) is 11.5 Å². The van der Waals surface area contributed by atoms with E-state index in [0.717, 1.165) is 17.7 Å². The van der Waals surface area contributed by atoms with Crippen molar-refractivity contribution >= 4 is 17.8 Å². The highest BCUT2D eigenvalue weighted by molar-refractivity contribution is 5.83. The van der Waals surface area contributed by atoms with E-state index in [-0.39, 0.29) is 17.3 Å². The van der Waals surface area contributed by atoms with Gasteiger partial charge in [0.1, 0.15) is 5.75 Å². The third kappa shape index (κ3) is 6.10. The molecule has 8 nitrogen and oxygen atoms in total. The molecule has 2 aromatic rings. The molecular weight excluding hydrogens is 350 g/mol. The van der Waals surface area contributed by atoms with Gasteiger partial charge < -0.3 is 9.47 Å². The second-order valence-electron chi connectivity index (χ2n) is 5.68. The van der Waals surface area contributed by atoms with Gasteiger partial charge in [0, 0.05) is 18.1 Å². The monoisotopic (exact) mass is 371 g/mol. The number of aryl methyl sites for hydroxylation is 1. The quantitative estimate of drug-likeness (QED) is 0.414. The fourth-order valence-corrected chi connectivity index (χ4v) is 2.41. The first-order valence-corrected chi connectivity index (χ1v) is 8.30. The van der Waals surface area contributed by atoms with Crippen LogP contribution < -0.4 is 14.9 Å². The van der Waals surface area contributed by atoms with Gasteiger partial charge in [0.15, 0.2) is 5.75 Å². The summed E-state index contributed by atoms with van der Waals surface area (Å²) in [5.41, 5.74) is 3.87. The van der Waals surface area contributed by atoms with Gasteiger partial charge in [0.25, 0.3) is 0 Å². The smallest absolute Gasteiger partial charge is 0.311 e. The Morgan fingerprint density at radius 3 is 2.56 bits per heavy atom. The molecule has 0 aliphatic carbocycles. The van der Waals surface area contributed by atoms with Crippen molar-refractivity contribution in [3.63, 3.8) is 0 Å². The summed E-state index contributed by atoms with van der Waals surface area (Å²) in [6.07, 6.45) is 3.13. The lowest BCUT2D eigenvalue weighted by molar-refractivity contribution is -0.385. The molecule has 0 atom stereocenters. The summed E-state index contributed by atoms with van der Waals surface area (Å²) in [5.74, 6) is 0.743. The molecule has 0 saturated heterocycles. The number of carbonyl (C=O) groups excluding carboxylic acids is 1. The van der Waals surface area contributed by atoms with E-state index in [1.54, 1.807) is 13.2 Å². The number of hydrazone groups is 1. The molecule has 0 unspecified atom stereocenters. The van der Waals surface area contributed by atoms with Gasteiger partial charge in [0.2, 0.25) is 5.91 Å². The molecule has 0 aliphatic rings. The van der Waals surface area contributed by atoms with Gasteiger partial charge in [-0.25, -0.2) is 5.43 Å². The lowest BCUT2D eigenvalue weighted by atomic mass is 10.1. The van der Waals surface area contributed by atoms with Gasteiger partial charge in [-0.3, -0.25) is 14.9 Å². The fourth-order valence-electron chi connectivity index (χ4n) is 2.41. The number of nitrogens with zero attached hydrogens (tertiary/aromatic N) is 2. The van der Waals surface area contributed by atoms with Gasteiger partial charge in [-0.1, -0.05) is 12.1 Å². The van der Waals surface area contributed by atoms with Crippen LogP contribution in [0.5, 0.6) is 11.5 Å². The van der Waals surface area contributed by atoms with Crippen molar-refractivity contribution in [3.05, 3.63) is 63.7 Å². The normalized spacial score (nSPS) is 10.6. The van der Waals surface area contributed by atoms with Crippen molar-refractivity contribution in [2.45, 2.75) is 19.3 Å². The number of hydrogen-bond donors (Lipinski definition) is 1. The maximum atomic E-state index is 11.8.